The Labute approximate surface area is 126 Å². The first-order valence-corrected chi connectivity index (χ1v) is 7.85. The first-order chi connectivity index (χ1) is 10.1. The lowest BCUT2D eigenvalue weighted by molar-refractivity contribution is -0.145. The molecule has 1 saturated heterocycles. The van der Waals surface area contributed by atoms with Crippen LogP contribution in [0, 0.1) is 11.8 Å². The highest BCUT2D eigenvalue weighted by Crippen LogP contribution is 2.40. The van der Waals surface area contributed by atoms with E-state index in [2.05, 4.69) is 5.32 Å². The van der Waals surface area contributed by atoms with Gasteiger partial charge in [-0.25, -0.2) is 0 Å². The average Bonchev–Trinajstić information content (AvgIpc) is 3.08. The summed E-state index contributed by atoms with van der Waals surface area (Å²) in [6, 6.07) is 7.45. The minimum Gasteiger partial charge on any atom is -0.481 e. The number of nitrogens with one attached hydrogen (secondary N) is 1. The van der Waals surface area contributed by atoms with Crippen LogP contribution in [-0.4, -0.2) is 35.4 Å². The highest BCUT2D eigenvalue weighted by atomic mass is 32.2. The number of carboxylic acid groups (broad SMARTS) is 1. The largest absolute Gasteiger partial charge is 0.481 e. The summed E-state index contributed by atoms with van der Waals surface area (Å²) < 4.78 is 5.52. The van der Waals surface area contributed by atoms with Gasteiger partial charge < -0.3 is 15.2 Å². The van der Waals surface area contributed by atoms with Gasteiger partial charge in [0.05, 0.1) is 23.8 Å². The Bertz CT molecular complexity index is 615. The molecule has 2 N–H and O–H groups in total. The Kier molecular flexibility index (Phi) is 3.73. The van der Waals surface area contributed by atoms with Crippen LogP contribution in [0.3, 0.4) is 0 Å². The highest BCUT2D eigenvalue weighted by molar-refractivity contribution is 7.98. The topological polar surface area (TPSA) is 75.6 Å². The van der Waals surface area contributed by atoms with Gasteiger partial charge in [0.1, 0.15) is 5.92 Å². The molecule has 5 nitrogen and oxygen atoms in total. The number of carboxylic acids is 1. The van der Waals surface area contributed by atoms with Gasteiger partial charge in [-0.1, -0.05) is 24.3 Å². The summed E-state index contributed by atoms with van der Waals surface area (Å²) in [5, 5.41) is 12.2. The number of carbonyl (C=O) groups is 2. The molecule has 4 atom stereocenters. The van der Waals surface area contributed by atoms with Crippen LogP contribution < -0.4 is 5.32 Å². The Morgan fingerprint density at radius 3 is 2.52 bits per heavy atom. The summed E-state index contributed by atoms with van der Waals surface area (Å²) in [7, 11) is 0. The molecular weight excluding hydrogens is 290 g/mol. The Morgan fingerprint density at radius 1 is 1.19 bits per heavy atom. The highest BCUT2D eigenvalue weighted by Gasteiger charge is 2.53. The maximum absolute atomic E-state index is 12.5. The smallest absolute Gasteiger partial charge is 0.310 e. The fourth-order valence-electron chi connectivity index (χ4n) is 2.88. The van der Waals surface area contributed by atoms with Crippen molar-refractivity contribution in [3.8, 4) is 0 Å². The molecule has 0 saturated carbocycles. The molecule has 1 aromatic rings. The summed E-state index contributed by atoms with van der Waals surface area (Å²) >= 11 is 1.53. The second-order valence-corrected chi connectivity index (χ2v) is 5.88. The minimum absolute atomic E-state index is 0.305. The zero-order chi connectivity index (χ0) is 15.0. The van der Waals surface area contributed by atoms with E-state index in [4.69, 9.17) is 4.74 Å². The van der Waals surface area contributed by atoms with E-state index in [1.165, 1.54) is 11.8 Å². The molecule has 1 amide bonds. The van der Waals surface area contributed by atoms with Crippen LogP contribution >= 0.6 is 11.8 Å². The van der Waals surface area contributed by atoms with Gasteiger partial charge in [0.15, 0.2) is 0 Å². The van der Waals surface area contributed by atoms with Crippen LogP contribution in [0.1, 0.15) is 0 Å². The molecule has 110 valence electrons. The van der Waals surface area contributed by atoms with Crippen molar-refractivity contribution >= 4 is 29.3 Å². The number of carbonyl (C=O) groups excluding carboxylic acids is 1. The van der Waals surface area contributed by atoms with Gasteiger partial charge in [-0.05, 0) is 18.4 Å². The number of para-hydroxylation sites is 1. The van der Waals surface area contributed by atoms with E-state index in [9.17, 15) is 14.7 Å². The zero-order valence-electron chi connectivity index (χ0n) is 11.4. The minimum atomic E-state index is -0.995. The molecule has 2 aliphatic heterocycles. The number of rotatable bonds is 4. The van der Waals surface area contributed by atoms with Crippen molar-refractivity contribution in [2.45, 2.75) is 17.1 Å². The number of fused-ring (bicyclic) bond motifs is 2. The fourth-order valence-corrected chi connectivity index (χ4v) is 3.43. The zero-order valence-corrected chi connectivity index (χ0v) is 12.2. The predicted octanol–water partition coefficient (Wildman–Crippen LogP) is 2.00. The van der Waals surface area contributed by atoms with Crippen molar-refractivity contribution < 1.29 is 19.4 Å². The molecule has 6 heteroatoms. The molecule has 3 rings (SSSR count). The monoisotopic (exact) mass is 305 g/mol. The molecule has 0 spiro atoms. The summed E-state index contributed by atoms with van der Waals surface area (Å²) in [5.41, 5.74) is 0.700. The van der Waals surface area contributed by atoms with Gasteiger partial charge >= 0.3 is 5.97 Å². The number of benzene rings is 1. The normalized spacial score (nSPS) is 29.6. The summed E-state index contributed by atoms with van der Waals surface area (Å²) in [6.45, 7) is 0. The van der Waals surface area contributed by atoms with Crippen LogP contribution in [0.2, 0.25) is 0 Å². The molecule has 2 aliphatic rings. The second kappa shape index (κ2) is 5.54. The van der Waals surface area contributed by atoms with Crippen LogP contribution in [0.4, 0.5) is 5.69 Å². The van der Waals surface area contributed by atoms with Gasteiger partial charge in [0.25, 0.3) is 0 Å². The van der Waals surface area contributed by atoms with Gasteiger partial charge in [-0.15, -0.1) is 11.8 Å². The maximum Gasteiger partial charge on any atom is 0.310 e. The second-order valence-electron chi connectivity index (χ2n) is 5.03. The molecule has 2 bridgehead atoms. The summed E-state index contributed by atoms with van der Waals surface area (Å²) in [4.78, 5) is 24.8. The summed E-state index contributed by atoms with van der Waals surface area (Å²) in [5.74, 6) is -2.81. The number of aliphatic carboxylic acids is 1. The number of amides is 1. The quantitative estimate of drug-likeness (QED) is 0.657. The van der Waals surface area contributed by atoms with Crippen molar-refractivity contribution in [3.63, 3.8) is 0 Å². The van der Waals surface area contributed by atoms with Gasteiger partial charge in [-0.3, -0.25) is 9.59 Å². The van der Waals surface area contributed by atoms with E-state index < -0.39 is 30.0 Å². The predicted molar refractivity (Wildman–Crippen MR) is 79.3 cm³/mol. The molecule has 0 aliphatic carbocycles. The lowest BCUT2D eigenvalue weighted by Crippen LogP contribution is -2.39. The lowest BCUT2D eigenvalue weighted by Gasteiger charge is -2.21. The van der Waals surface area contributed by atoms with Gasteiger partial charge in [0, 0.05) is 4.90 Å². The molecule has 0 radical (unpaired) electrons. The van der Waals surface area contributed by atoms with E-state index >= 15 is 0 Å². The lowest BCUT2D eigenvalue weighted by atomic mass is 9.82. The first-order valence-electron chi connectivity index (χ1n) is 6.62. The number of anilines is 1. The molecule has 0 unspecified atom stereocenters. The van der Waals surface area contributed by atoms with Crippen molar-refractivity contribution in [2.75, 3.05) is 11.6 Å². The third kappa shape index (κ3) is 2.45. The molecule has 1 fully saturated rings. The molecule has 21 heavy (non-hydrogen) atoms. The Balaban J connectivity index is 1.82. The van der Waals surface area contributed by atoms with Crippen LogP contribution in [-0.2, 0) is 14.3 Å². The Morgan fingerprint density at radius 2 is 1.86 bits per heavy atom. The molecule has 0 aromatic heterocycles. The van der Waals surface area contributed by atoms with Gasteiger partial charge in [0.2, 0.25) is 5.91 Å². The molecular formula is C15H15NO4S. The number of hydrogen-bond donors (Lipinski definition) is 2. The molecule has 1 aromatic carbocycles. The maximum atomic E-state index is 12.5. The van der Waals surface area contributed by atoms with E-state index in [-0.39, 0.29) is 5.91 Å². The fraction of sp³-hybridized carbons (Fsp3) is 0.333. The number of thioether (sulfide) groups is 1. The number of hydrogen-bond acceptors (Lipinski definition) is 4. The SMILES string of the molecule is CSc1ccccc1NC(=O)[C@H]1[C@@H](C(=O)O)[C@@H]2C=C[C@H]1O2. The van der Waals surface area contributed by atoms with E-state index in [1.54, 1.807) is 12.2 Å². The average molecular weight is 305 g/mol. The third-order valence-corrected chi connectivity index (χ3v) is 4.65. The van der Waals surface area contributed by atoms with Crippen molar-refractivity contribution in [1.29, 1.82) is 0 Å². The third-order valence-electron chi connectivity index (χ3n) is 3.85. The standard InChI is InChI=1S/C15H15NO4S/c1-21-11-5-3-2-4-8(11)16-14(17)12-9-6-7-10(20-9)13(12)15(18)19/h2-7,9-10,12-13H,1H3,(H,16,17)(H,18,19)/t9-,10+,12-,13+/m1/s1. The Hall–Kier alpha value is -1.79. The van der Waals surface area contributed by atoms with E-state index in [0.29, 0.717) is 5.69 Å². The molecule has 2 heterocycles. The van der Waals surface area contributed by atoms with Crippen LogP contribution in [0.15, 0.2) is 41.3 Å². The summed E-state index contributed by atoms with van der Waals surface area (Å²) in [6.07, 6.45) is 4.48. The van der Waals surface area contributed by atoms with Crippen LogP contribution in [0.25, 0.3) is 0 Å². The van der Waals surface area contributed by atoms with E-state index in [1.807, 2.05) is 30.5 Å². The van der Waals surface area contributed by atoms with Crippen LogP contribution in [0.5, 0.6) is 0 Å². The van der Waals surface area contributed by atoms with Gasteiger partial charge in [-0.2, -0.15) is 0 Å². The number of ether oxygens (including phenoxy) is 1. The van der Waals surface area contributed by atoms with Crippen molar-refractivity contribution in [2.24, 2.45) is 11.8 Å². The van der Waals surface area contributed by atoms with E-state index in [0.717, 1.165) is 4.90 Å². The van der Waals surface area contributed by atoms with Crippen molar-refractivity contribution in [3.05, 3.63) is 36.4 Å². The van der Waals surface area contributed by atoms with Crippen molar-refractivity contribution in [1.82, 2.24) is 0 Å². The first kappa shape index (κ1) is 14.2.